The summed E-state index contributed by atoms with van der Waals surface area (Å²) in [6.45, 7) is 0. The maximum atomic E-state index is 13.8. The molecule has 0 atom stereocenters. The van der Waals surface area contributed by atoms with Crippen LogP contribution in [0, 0.1) is 11.6 Å². The van der Waals surface area contributed by atoms with Crippen LogP contribution in [0.4, 0.5) is 25.8 Å². The molecule has 0 fully saturated rings. The van der Waals surface area contributed by atoms with Crippen molar-refractivity contribution in [3.63, 3.8) is 0 Å². The van der Waals surface area contributed by atoms with E-state index in [2.05, 4.69) is 26.0 Å². The van der Waals surface area contributed by atoms with Crippen LogP contribution in [0.2, 0.25) is 0 Å². The Morgan fingerprint density at radius 3 is 2.43 bits per heavy atom. The highest BCUT2D eigenvalue weighted by Gasteiger charge is 2.16. The molecule has 0 unspecified atom stereocenters. The van der Waals surface area contributed by atoms with Gasteiger partial charge in [0.15, 0.2) is 11.6 Å². The van der Waals surface area contributed by atoms with Crippen LogP contribution < -0.4 is 11.1 Å². The van der Waals surface area contributed by atoms with E-state index in [-0.39, 0.29) is 21.4 Å². The number of esters is 1. The van der Waals surface area contributed by atoms with Gasteiger partial charge in [-0.1, -0.05) is 15.9 Å². The Bertz CT molecular complexity index is 684. The van der Waals surface area contributed by atoms with E-state index >= 15 is 0 Å². The highest BCUT2D eigenvalue weighted by molar-refractivity contribution is 9.10. The number of nitrogens with two attached hydrogens (primary N) is 1. The molecule has 21 heavy (non-hydrogen) atoms. The zero-order valence-electron chi connectivity index (χ0n) is 10.9. The van der Waals surface area contributed by atoms with Crippen molar-refractivity contribution in [2.75, 3.05) is 18.2 Å². The fourth-order valence-electron chi connectivity index (χ4n) is 1.75. The Balaban J connectivity index is 2.47. The van der Waals surface area contributed by atoms with Gasteiger partial charge in [0.25, 0.3) is 0 Å². The lowest BCUT2D eigenvalue weighted by atomic mass is 10.1. The first-order chi connectivity index (χ1) is 9.92. The smallest absolute Gasteiger partial charge is 0.340 e. The fraction of sp³-hybridized carbons (Fsp3) is 0.0714. The van der Waals surface area contributed by atoms with Gasteiger partial charge in [-0.25, -0.2) is 13.6 Å². The number of rotatable bonds is 3. The van der Waals surface area contributed by atoms with Gasteiger partial charge in [0.05, 0.1) is 18.4 Å². The number of nitrogens with one attached hydrogen (secondary N) is 1. The molecule has 0 bridgehead atoms. The Hall–Kier alpha value is -2.15. The van der Waals surface area contributed by atoms with Crippen LogP contribution in [0.1, 0.15) is 10.4 Å². The third-order valence-corrected chi connectivity index (χ3v) is 3.17. The predicted molar refractivity (Wildman–Crippen MR) is 79.5 cm³/mol. The highest BCUT2D eigenvalue weighted by atomic mass is 79.9. The van der Waals surface area contributed by atoms with Gasteiger partial charge in [-0.2, -0.15) is 0 Å². The van der Waals surface area contributed by atoms with Gasteiger partial charge >= 0.3 is 5.97 Å². The van der Waals surface area contributed by atoms with Gasteiger partial charge in [-0.15, -0.1) is 0 Å². The zero-order chi connectivity index (χ0) is 15.6. The molecule has 2 rings (SSSR count). The molecule has 0 amide bonds. The maximum Gasteiger partial charge on any atom is 0.340 e. The lowest BCUT2D eigenvalue weighted by molar-refractivity contribution is 0.0602. The van der Waals surface area contributed by atoms with Crippen LogP contribution in [-0.4, -0.2) is 13.1 Å². The van der Waals surface area contributed by atoms with Crippen molar-refractivity contribution in [3.8, 4) is 0 Å². The molecule has 0 aromatic heterocycles. The topological polar surface area (TPSA) is 64.3 Å². The number of carbonyl (C=O) groups is 1. The molecule has 110 valence electrons. The molecule has 4 nitrogen and oxygen atoms in total. The van der Waals surface area contributed by atoms with Crippen LogP contribution >= 0.6 is 15.9 Å². The van der Waals surface area contributed by atoms with E-state index in [0.29, 0.717) is 5.69 Å². The highest BCUT2D eigenvalue weighted by Crippen LogP contribution is 2.29. The average molecular weight is 357 g/mol. The molecule has 7 heteroatoms. The van der Waals surface area contributed by atoms with E-state index < -0.39 is 17.6 Å². The molecule has 2 aromatic rings. The number of hydrogen-bond acceptors (Lipinski definition) is 4. The number of ether oxygens (including phenoxy) is 1. The van der Waals surface area contributed by atoms with Crippen LogP contribution in [0.15, 0.2) is 34.8 Å². The average Bonchev–Trinajstić information content (AvgIpc) is 2.43. The van der Waals surface area contributed by atoms with Gasteiger partial charge in [-0.3, -0.25) is 0 Å². The fourth-order valence-corrected chi connectivity index (χ4v) is 2.15. The summed E-state index contributed by atoms with van der Waals surface area (Å²) in [4.78, 5) is 11.7. The molecule has 0 aliphatic rings. The monoisotopic (exact) mass is 356 g/mol. The summed E-state index contributed by atoms with van der Waals surface area (Å²) in [5.41, 5.74) is 5.84. The van der Waals surface area contributed by atoms with E-state index in [4.69, 9.17) is 5.73 Å². The quantitative estimate of drug-likeness (QED) is 0.647. The second kappa shape index (κ2) is 6.09. The summed E-state index contributed by atoms with van der Waals surface area (Å²) in [6.07, 6.45) is 0. The number of anilines is 3. The van der Waals surface area contributed by atoms with E-state index in [0.717, 1.165) is 12.1 Å². The molecule has 3 N–H and O–H groups in total. The Morgan fingerprint density at radius 2 is 1.86 bits per heavy atom. The molecule has 0 aliphatic carbocycles. The van der Waals surface area contributed by atoms with Gasteiger partial charge in [-0.05, 0) is 30.3 Å². The number of nitrogen functional groups attached to an aromatic ring is 1. The summed E-state index contributed by atoms with van der Waals surface area (Å²) in [5.74, 6) is -2.26. The lowest BCUT2D eigenvalue weighted by Crippen LogP contribution is -2.08. The normalized spacial score (nSPS) is 10.3. The third-order valence-electron chi connectivity index (χ3n) is 2.72. The number of methoxy groups -OCH3 is 1. The first-order valence-electron chi connectivity index (χ1n) is 5.81. The number of halogens is 3. The summed E-state index contributed by atoms with van der Waals surface area (Å²) in [7, 11) is 1.20. The minimum Gasteiger partial charge on any atom is -0.465 e. The van der Waals surface area contributed by atoms with Crippen LogP contribution in [-0.2, 0) is 4.74 Å². The molecule has 0 saturated carbocycles. The summed E-state index contributed by atoms with van der Waals surface area (Å²) >= 11 is 2.99. The van der Waals surface area contributed by atoms with Crippen molar-refractivity contribution >= 4 is 39.0 Å². The summed E-state index contributed by atoms with van der Waals surface area (Å²) in [5, 5.41) is 2.55. The Labute approximate surface area is 128 Å². The van der Waals surface area contributed by atoms with Crippen molar-refractivity contribution in [2.45, 2.75) is 0 Å². The molecule has 0 radical (unpaired) electrons. The molecule has 0 spiro atoms. The Kier molecular flexibility index (Phi) is 4.42. The molecule has 2 aromatic carbocycles. The minimum absolute atomic E-state index is 0.0826. The standard InChI is InChI=1S/C14H11BrF2N2O2/c1-21-14(20)9-6-8(18)2-3-12(9)19-13-10(16)4-7(15)5-11(13)17/h2-6,19H,18H2,1H3. The van der Waals surface area contributed by atoms with E-state index in [9.17, 15) is 13.6 Å². The summed E-state index contributed by atoms with van der Waals surface area (Å²) in [6, 6.07) is 6.54. The molecular weight excluding hydrogens is 346 g/mol. The first-order valence-corrected chi connectivity index (χ1v) is 6.61. The second-order valence-corrected chi connectivity index (χ2v) is 5.08. The van der Waals surface area contributed by atoms with Crippen molar-refractivity contribution in [3.05, 3.63) is 52.0 Å². The van der Waals surface area contributed by atoms with E-state index in [1.54, 1.807) is 0 Å². The molecule has 0 heterocycles. The number of carbonyl (C=O) groups excluding carboxylic acids is 1. The van der Waals surface area contributed by atoms with Crippen molar-refractivity contribution in [1.82, 2.24) is 0 Å². The van der Waals surface area contributed by atoms with Crippen LogP contribution in [0.5, 0.6) is 0 Å². The van der Waals surface area contributed by atoms with E-state index in [1.807, 2.05) is 0 Å². The van der Waals surface area contributed by atoms with Gasteiger partial charge < -0.3 is 15.8 Å². The first kappa shape index (κ1) is 15.2. The second-order valence-electron chi connectivity index (χ2n) is 4.17. The molecule has 0 aliphatic heterocycles. The largest absolute Gasteiger partial charge is 0.465 e. The molecular formula is C14H11BrF2N2O2. The number of hydrogen-bond donors (Lipinski definition) is 2. The third kappa shape index (κ3) is 3.30. The zero-order valence-corrected chi connectivity index (χ0v) is 12.5. The maximum absolute atomic E-state index is 13.8. The van der Waals surface area contributed by atoms with Gasteiger partial charge in [0.2, 0.25) is 0 Å². The summed E-state index contributed by atoms with van der Waals surface area (Å²) < 4.78 is 32.5. The van der Waals surface area contributed by atoms with E-state index in [1.165, 1.54) is 25.3 Å². The van der Waals surface area contributed by atoms with Gasteiger partial charge in [0.1, 0.15) is 5.69 Å². The minimum atomic E-state index is -0.797. The Morgan fingerprint density at radius 1 is 1.24 bits per heavy atom. The SMILES string of the molecule is COC(=O)c1cc(N)ccc1Nc1c(F)cc(Br)cc1F. The van der Waals surface area contributed by atoms with Crippen LogP contribution in [0.25, 0.3) is 0 Å². The molecule has 0 saturated heterocycles. The predicted octanol–water partition coefficient (Wildman–Crippen LogP) is 3.84. The van der Waals surface area contributed by atoms with Gasteiger partial charge in [0, 0.05) is 10.2 Å². The van der Waals surface area contributed by atoms with Crippen molar-refractivity contribution in [2.24, 2.45) is 0 Å². The number of benzene rings is 2. The van der Waals surface area contributed by atoms with Crippen molar-refractivity contribution < 1.29 is 18.3 Å². The van der Waals surface area contributed by atoms with Crippen molar-refractivity contribution in [1.29, 1.82) is 0 Å². The van der Waals surface area contributed by atoms with Crippen LogP contribution in [0.3, 0.4) is 0 Å². The lowest BCUT2D eigenvalue weighted by Gasteiger charge is -2.13.